The van der Waals surface area contributed by atoms with Gasteiger partial charge in [-0.15, -0.1) is 0 Å². The van der Waals surface area contributed by atoms with E-state index in [1.165, 1.54) is 4.68 Å². The third kappa shape index (κ3) is 7.66. The highest BCUT2D eigenvalue weighted by Crippen LogP contribution is 2.42. The predicted octanol–water partition coefficient (Wildman–Crippen LogP) is 4.80. The molecule has 0 atom stereocenters. The molecule has 1 saturated carbocycles. The summed E-state index contributed by atoms with van der Waals surface area (Å²) in [5.41, 5.74) is -4.16. The molecular formula is C25H32ClF5N4O5S. The van der Waals surface area contributed by atoms with Crippen LogP contribution < -0.4 is 10.1 Å². The number of nitrogens with one attached hydrogen (secondary N) is 1. The summed E-state index contributed by atoms with van der Waals surface area (Å²) in [6.07, 6.45) is -2.16. The summed E-state index contributed by atoms with van der Waals surface area (Å²) in [6, 6.07) is 1.02. The van der Waals surface area contributed by atoms with Gasteiger partial charge in [-0.2, -0.15) is 27.1 Å². The molecule has 0 unspecified atom stereocenters. The molecule has 2 aromatic heterocycles. The molecule has 1 fully saturated rings. The molecule has 16 heteroatoms. The highest BCUT2D eigenvalue weighted by Gasteiger charge is 2.47. The number of carbonyl (C=O) groups excluding carboxylic acids is 1. The number of nitrogens with zero attached hydrogens (tertiary/aromatic N) is 3. The van der Waals surface area contributed by atoms with E-state index in [0.29, 0.717) is 0 Å². The number of hydrogen-bond donors (Lipinski definition) is 2. The van der Waals surface area contributed by atoms with Gasteiger partial charge in [0.15, 0.2) is 11.4 Å². The van der Waals surface area contributed by atoms with E-state index in [1.54, 1.807) is 6.92 Å². The van der Waals surface area contributed by atoms with Gasteiger partial charge in [-0.25, -0.2) is 8.42 Å². The smallest absolute Gasteiger partial charge is 0.394 e. The van der Waals surface area contributed by atoms with Crippen LogP contribution in [0.2, 0.25) is 5.02 Å². The van der Waals surface area contributed by atoms with E-state index in [1.807, 2.05) is 0 Å². The molecule has 1 amide bonds. The summed E-state index contributed by atoms with van der Waals surface area (Å²) in [5, 5.41) is 16.7. The minimum Gasteiger partial charge on any atom is -0.432 e. The summed E-state index contributed by atoms with van der Waals surface area (Å²) < 4.78 is 96.1. The van der Waals surface area contributed by atoms with Gasteiger partial charge >= 0.3 is 12.8 Å². The molecule has 1 aliphatic rings. The average Bonchev–Trinajstić information content (AvgIpc) is 3.17. The molecular weight excluding hydrogens is 599 g/mol. The van der Waals surface area contributed by atoms with Gasteiger partial charge in [0.25, 0.3) is 5.91 Å². The molecule has 3 rings (SSSR count). The second kappa shape index (κ2) is 12.0. The van der Waals surface area contributed by atoms with Crippen molar-refractivity contribution in [3.8, 4) is 17.1 Å². The lowest BCUT2D eigenvalue weighted by Gasteiger charge is -2.35. The van der Waals surface area contributed by atoms with Crippen LogP contribution in [0.3, 0.4) is 0 Å². The number of aliphatic hydroxyl groups is 1. The van der Waals surface area contributed by atoms with E-state index in [-0.39, 0.29) is 66.4 Å². The molecule has 0 bridgehead atoms. The summed E-state index contributed by atoms with van der Waals surface area (Å²) in [6.45, 7) is 0.129. The first kappa shape index (κ1) is 33.0. The zero-order valence-corrected chi connectivity index (χ0v) is 24.4. The molecule has 0 saturated heterocycles. The first-order chi connectivity index (χ1) is 18.8. The molecule has 0 radical (unpaired) electrons. The fraction of sp³-hybridized carbons (Fsp3) is 0.640. The second-order valence-corrected chi connectivity index (χ2v) is 13.6. The molecule has 230 valence electrons. The minimum atomic E-state index is -4.57. The van der Waals surface area contributed by atoms with Crippen LogP contribution in [0.4, 0.5) is 22.0 Å². The number of aromatic nitrogens is 3. The van der Waals surface area contributed by atoms with Crippen molar-refractivity contribution in [1.82, 2.24) is 20.1 Å². The first-order valence-corrected chi connectivity index (χ1v) is 15.1. The summed E-state index contributed by atoms with van der Waals surface area (Å²) in [5.74, 6) is -1.34. The van der Waals surface area contributed by atoms with Crippen LogP contribution in [-0.2, 0) is 22.8 Å². The Kier molecular flexibility index (Phi) is 9.65. The number of amides is 1. The third-order valence-electron chi connectivity index (χ3n) is 7.22. The number of hydrogen-bond acceptors (Lipinski definition) is 7. The monoisotopic (exact) mass is 630 g/mol. The maximum absolute atomic E-state index is 13.4. The summed E-state index contributed by atoms with van der Waals surface area (Å²) in [4.78, 5) is 17.1. The van der Waals surface area contributed by atoms with Crippen LogP contribution in [0.1, 0.15) is 62.5 Å². The normalized spacial score (nSPS) is 20.3. The molecule has 0 aromatic carbocycles. The minimum absolute atomic E-state index is 0.0118. The number of carbonyl (C=O) groups is 1. The maximum atomic E-state index is 13.4. The van der Waals surface area contributed by atoms with E-state index in [9.17, 15) is 40.3 Å². The number of halogens is 6. The van der Waals surface area contributed by atoms with Gasteiger partial charge < -0.3 is 15.2 Å². The average molecular weight is 631 g/mol. The van der Waals surface area contributed by atoms with Crippen LogP contribution in [0.5, 0.6) is 5.75 Å². The second-order valence-electron chi connectivity index (χ2n) is 10.9. The van der Waals surface area contributed by atoms with Gasteiger partial charge in [0.05, 0.1) is 16.3 Å². The highest BCUT2D eigenvalue weighted by atomic mass is 35.5. The van der Waals surface area contributed by atoms with Crippen molar-refractivity contribution in [2.45, 2.75) is 83.1 Å². The van der Waals surface area contributed by atoms with E-state index in [4.69, 9.17) is 11.6 Å². The number of pyridine rings is 1. The standard InChI is InChI=1S/C25H32ClF5N4O5S/c1-5-35-20(18-16(40-22(27)28)10-14(12-32-18)11-23(2,3)25(29,30)31)17(26)19(34-35)21(36)33-13-24(37)8-6-15(7-9-24)41(4,38)39/h10,12,15,22,37H,5-9,11,13H2,1-4H3,(H,33,36)/t15-,24+. The number of rotatable bonds is 10. The van der Waals surface area contributed by atoms with E-state index >= 15 is 0 Å². The van der Waals surface area contributed by atoms with Crippen molar-refractivity contribution in [3.63, 3.8) is 0 Å². The lowest BCUT2D eigenvalue weighted by atomic mass is 9.84. The quantitative estimate of drug-likeness (QED) is 0.362. The fourth-order valence-electron chi connectivity index (χ4n) is 4.66. The topological polar surface area (TPSA) is 123 Å². The number of sulfone groups is 1. The van der Waals surface area contributed by atoms with Crippen LogP contribution in [-0.4, -0.2) is 70.6 Å². The Balaban J connectivity index is 1.89. The van der Waals surface area contributed by atoms with Crippen molar-refractivity contribution in [2.24, 2.45) is 5.41 Å². The Hall–Kier alpha value is -2.52. The van der Waals surface area contributed by atoms with Gasteiger partial charge in [0, 0.05) is 25.5 Å². The number of alkyl halides is 5. The first-order valence-electron chi connectivity index (χ1n) is 12.7. The Labute approximate surface area is 239 Å². The van der Waals surface area contributed by atoms with Gasteiger partial charge in [0.2, 0.25) is 0 Å². The van der Waals surface area contributed by atoms with Gasteiger partial charge in [-0.1, -0.05) is 25.4 Å². The Bertz CT molecular complexity index is 1370. The molecule has 2 N–H and O–H groups in total. The molecule has 1 aliphatic carbocycles. The zero-order valence-electron chi connectivity index (χ0n) is 22.9. The molecule has 0 aliphatic heterocycles. The van der Waals surface area contributed by atoms with Crippen LogP contribution in [0.15, 0.2) is 12.3 Å². The van der Waals surface area contributed by atoms with Gasteiger partial charge in [0.1, 0.15) is 26.2 Å². The molecule has 2 heterocycles. The molecule has 0 spiro atoms. The summed E-state index contributed by atoms with van der Waals surface area (Å²) in [7, 11) is -3.26. The van der Waals surface area contributed by atoms with Crippen LogP contribution >= 0.6 is 11.6 Å². The van der Waals surface area contributed by atoms with E-state index < -0.39 is 57.0 Å². The predicted molar refractivity (Wildman–Crippen MR) is 141 cm³/mol. The Morgan fingerprint density at radius 3 is 2.41 bits per heavy atom. The number of ether oxygens (including phenoxy) is 1. The van der Waals surface area contributed by atoms with Crippen molar-refractivity contribution in [1.29, 1.82) is 0 Å². The Morgan fingerprint density at radius 2 is 1.90 bits per heavy atom. The van der Waals surface area contributed by atoms with Crippen molar-refractivity contribution < 1.29 is 45.0 Å². The van der Waals surface area contributed by atoms with Gasteiger partial charge in [-0.05, 0) is 50.7 Å². The number of aryl methyl sites for hydroxylation is 1. The van der Waals surface area contributed by atoms with Crippen LogP contribution in [0.25, 0.3) is 11.4 Å². The van der Waals surface area contributed by atoms with E-state index in [0.717, 1.165) is 32.4 Å². The summed E-state index contributed by atoms with van der Waals surface area (Å²) >= 11 is 6.47. The lowest BCUT2D eigenvalue weighted by molar-refractivity contribution is -0.211. The molecule has 41 heavy (non-hydrogen) atoms. The highest BCUT2D eigenvalue weighted by molar-refractivity contribution is 7.91. The van der Waals surface area contributed by atoms with Gasteiger partial charge in [-0.3, -0.25) is 14.5 Å². The van der Waals surface area contributed by atoms with Crippen molar-refractivity contribution >= 4 is 27.3 Å². The largest absolute Gasteiger partial charge is 0.432 e. The lowest BCUT2D eigenvalue weighted by Crippen LogP contribution is -2.47. The molecule has 2 aromatic rings. The molecule has 9 nitrogen and oxygen atoms in total. The maximum Gasteiger partial charge on any atom is 0.394 e. The van der Waals surface area contributed by atoms with E-state index in [2.05, 4.69) is 20.1 Å². The van der Waals surface area contributed by atoms with Crippen molar-refractivity contribution in [3.05, 3.63) is 28.5 Å². The zero-order chi connectivity index (χ0) is 31.0. The van der Waals surface area contributed by atoms with Crippen molar-refractivity contribution in [2.75, 3.05) is 12.8 Å². The third-order valence-corrected chi connectivity index (χ3v) is 9.26. The Morgan fingerprint density at radius 1 is 1.29 bits per heavy atom. The SMILES string of the molecule is CCn1nc(C(=O)NC[C@]2(O)CC[C@@H](S(C)(=O)=O)CC2)c(Cl)c1-c1ncc(CC(C)(C)C(F)(F)F)cc1OC(F)F. The van der Waals surface area contributed by atoms with Crippen LogP contribution in [0, 0.1) is 5.41 Å². The fourth-order valence-corrected chi connectivity index (χ4v) is 6.06.